The Morgan fingerprint density at radius 3 is 3.15 bits per heavy atom. The first-order valence-electron chi connectivity index (χ1n) is 7.00. The van der Waals surface area contributed by atoms with Crippen molar-refractivity contribution in [2.24, 2.45) is 0 Å². The fraction of sp³-hybridized carbons (Fsp3) is 0.571. The van der Waals surface area contributed by atoms with Crippen molar-refractivity contribution in [1.82, 2.24) is 10.3 Å². The Bertz CT molecular complexity index is 462. The second kappa shape index (κ2) is 7.19. The maximum Gasteiger partial charge on any atom is 0.254 e. The molecular formula is C14H20FN3O2. The van der Waals surface area contributed by atoms with Crippen molar-refractivity contribution in [1.29, 1.82) is 0 Å². The van der Waals surface area contributed by atoms with E-state index >= 15 is 0 Å². The van der Waals surface area contributed by atoms with Crippen LogP contribution in [0.4, 0.5) is 10.2 Å². The van der Waals surface area contributed by atoms with Gasteiger partial charge in [0.25, 0.3) is 5.91 Å². The van der Waals surface area contributed by atoms with Gasteiger partial charge in [0, 0.05) is 25.9 Å². The molecule has 1 amide bonds. The second-order valence-corrected chi connectivity index (χ2v) is 4.73. The summed E-state index contributed by atoms with van der Waals surface area (Å²) < 4.78 is 19.5. The van der Waals surface area contributed by atoms with Gasteiger partial charge in [-0.15, -0.1) is 0 Å². The highest BCUT2D eigenvalue weighted by Crippen LogP contribution is 2.16. The maximum absolute atomic E-state index is 14.0. The lowest BCUT2D eigenvalue weighted by Crippen LogP contribution is -2.28. The molecule has 1 aliphatic rings. The minimum Gasteiger partial charge on any atom is -0.378 e. The summed E-state index contributed by atoms with van der Waals surface area (Å²) in [6.45, 7) is 3.68. The molecule has 2 N–H and O–H groups in total. The van der Waals surface area contributed by atoms with Gasteiger partial charge >= 0.3 is 0 Å². The van der Waals surface area contributed by atoms with Gasteiger partial charge < -0.3 is 15.4 Å². The summed E-state index contributed by atoms with van der Waals surface area (Å²) in [5, 5.41) is 5.51. The SMILES string of the molecule is CCNc1nccc(C(=O)NCCC2CCCO2)c1F. The number of halogens is 1. The molecule has 20 heavy (non-hydrogen) atoms. The minimum atomic E-state index is -0.607. The summed E-state index contributed by atoms with van der Waals surface area (Å²) in [6.07, 6.45) is 4.51. The van der Waals surface area contributed by atoms with Crippen LogP contribution < -0.4 is 10.6 Å². The number of carbonyl (C=O) groups excluding carboxylic acids is 1. The van der Waals surface area contributed by atoms with E-state index in [1.807, 2.05) is 6.92 Å². The Balaban J connectivity index is 1.89. The van der Waals surface area contributed by atoms with Crippen LogP contribution in [-0.2, 0) is 4.74 Å². The molecule has 1 fully saturated rings. The number of amides is 1. The van der Waals surface area contributed by atoms with E-state index in [4.69, 9.17) is 4.74 Å². The molecule has 0 aromatic carbocycles. The van der Waals surface area contributed by atoms with Crippen LogP contribution >= 0.6 is 0 Å². The molecule has 1 saturated heterocycles. The van der Waals surface area contributed by atoms with Gasteiger partial charge in [0.2, 0.25) is 0 Å². The predicted molar refractivity (Wildman–Crippen MR) is 74.3 cm³/mol. The van der Waals surface area contributed by atoms with Crippen molar-refractivity contribution < 1.29 is 13.9 Å². The Labute approximate surface area is 117 Å². The number of ether oxygens (including phenoxy) is 1. The first-order chi connectivity index (χ1) is 9.72. The van der Waals surface area contributed by atoms with Crippen LogP contribution in [0, 0.1) is 5.82 Å². The van der Waals surface area contributed by atoms with E-state index in [2.05, 4.69) is 15.6 Å². The molecule has 110 valence electrons. The van der Waals surface area contributed by atoms with Crippen molar-refractivity contribution >= 4 is 11.7 Å². The molecule has 0 bridgehead atoms. The smallest absolute Gasteiger partial charge is 0.254 e. The second-order valence-electron chi connectivity index (χ2n) is 4.73. The van der Waals surface area contributed by atoms with Gasteiger partial charge in [0.05, 0.1) is 11.7 Å². The maximum atomic E-state index is 14.0. The van der Waals surface area contributed by atoms with Gasteiger partial charge in [0.15, 0.2) is 11.6 Å². The third-order valence-electron chi connectivity index (χ3n) is 3.25. The Morgan fingerprint density at radius 2 is 2.45 bits per heavy atom. The van der Waals surface area contributed by atoms with Gasteiger partial charge in [-0.05, 0) is 32.3 Å². The zero-order valence-electron chi connectivity index (χ0n) is 11.6. The fourth-order valence-electron chi connectivity index (χ4n) is 2.22. The number of nitrogens with one attached hydrogen (secondary N) is 2. The number of pyridine rings is 1. The number of rotatable bonds is 6. The normalized spacial score (nSPS) is 18.0. The van der Waals surface area contributed by atoms with E-state index in [0.29, 0.717) is 13.1 Å². The number of nitrogens with zero attached hydrogens (tertiary/aromatic N) is 1. The first kappa shape index (κ1) is 14.7. The summed E-state index contributed by atoms with van der Waals surface area (Å²) in [5.41, 5.74) is 0.0169. The molecule has 0 saturated carbocycles. The molecular weight excluding hydrogens is 261 g/mol. The lowest BCUT2D eigenvalue weighted by molar-refractivity contribution is 0.0904. The lowest BCUT2D eigenvalue weighted by Gasteiger charge is -2.11. The summed E-state index contributed by atoms with van der Waals surface area (Å²) in [6, 6.07) is 1.39. The van der Waals surface area contributed by atoms with Crippen LogP contribution in [0.25, 0.3) is 0 Å². The summed E-state index contributed by atoms with van der Waals surface area (Å²) >= 11 is 0. The van der Waals surface area contributed by atoms with Crippen LogP contribution in [-0.4, -0.2) is 36.7 Å². The van der Waals surface area contributed by atoms with Crippen LogP contribution in [0.15, 0.2) is 12.3 Å². The zero-order chi connectivity index (χ0) is 14.4. The Hall–Kier alpha value is -1.69. The standard InChI is InChI=1S/C14H20FN3O2/c1-2-16-13-12(15)11(6-8-17-13)14(19)18-7-5-10-4-3-9-20-10/h6,8,10H,2-5,7,9H2,1H3,(H,16,17)(H,18,19). The van der Waals surface area contributed by atoms with E-state index in [1.54, 1.807) is 0 Å². The average molecular weight is 281 g/mol. The van der Waals surface area contributed by atoms with Crippen molar-refractivity contribution in [2.75, 3.05) is 25.0 Å². The third kappa shape index (κ3) is 3.66. The highest BCUT2D eigenvalue weighted by Gasteiger charge is 2.18. The zero-order valence-corrected chi connectivity index (χ0v) is 11.6. The van der Waals surface area contributed by atoms with Crippen molar-refractivity contribution in [2.45, 2.75) is 32.3 Å². The van der Waals surface area contributed by atoms with Gasteiger partial charge in [-0.2, -0.15) is 0 Å². The minimum absolute atomic E-state index is 0.0169. The first-order valence-corrected chi connectivity index (χ1v) is 7.00. The highest BCUT2D eigenvalue weighted by molar-refractivity contribution is 5.95. The highest BCUT2D eigenvalue weighted by atomic mass is 19.1. The van der Waals surface area contributed by atoms with E-state index in [-0.39, 0.29) is 17.5 Å². The van der Waals surface area contributed by atoms with Gasteiger partial charge in [0.1, 0.15) is 0 Å². The van der Waals surface area contributed by atoms with Gasteiger partial charge in [-0.25, -0.2) is 9.37 Å². The summed E-state index contributed by atoms with van der Waals surface area (Å²) in [4.78, 5) is 15.8. The van der Waals surface area contributed by atoms with Crippen LogP contribution in [0.1, 0.15) is 36.5 Å². The molecule has 1 unspecified atom stereocenters. The monoisotopic (exact) mass is 281 g/mol. The summed E-state index contributed by atoms with van der Waals surface area (Å²) in [7, 11) is 0. The fourth-order valence-corrected chi connectivity index (χ4v) is 2.22. The van der Waals surface area contributed by atoms with Crippen LogP contribution in [0.3, 0.4) is 0 Å². The topological polar surface area (TPSA) is 63.2 Å². The predicted octanol–water partition coefficient (Wildman–Crippen LogP) is 1.95. The molecule has 2 rings (SSSR count). The van der Waals surface area contributed by atoms with Crippen LogP contribution in [0.5, 0.6) is 0 Å². The molecule has 1 aromatic rings. The van der Waals surface area contributed by atoms with E-state index < -0.39 is 11.7 Å². The molecule has 0 radical (unpaired) electrons. The summed E-state index contributed by atoms with van der Waals surface area (Å²) in [5.74, 6) is -0.912. The number of hydrogen-bond acceptors (Lipinski definition) is 4. The van der Waals surface area contributed by atoms with Gasteiger partial charge in [-0.1, -0.05) is 0 Å². The molecule has 0 aliphatic carbocycles. The third-order valence-corrected chi connectivity index (χ3v) is 3.25. The molecule has 5 nitrogen and oxygen atoms in total. The molecule has 2 heterocycles. The largest absolute Gasteiger partial charge is 0.378 e. The van der Waals surface area contributed by atoms with E-state index in [1.165, 1.54) is 12.3 Å². The number of hydrogen-bond donors (Lipinski definition) is 2. The molecule has 6 heteroatoms. The van der Waals surface area contributed by atoms with Crippen LogP contribution in [0.2, 0.25) is 0 Å². The molecule has 1 aliphatic heterocycles. The Kier molecular flexibility index (Phi) is 5.29. The number of aromatic nitrogens is 1. The van der Waals surface area contributed by atoms with E-state index in [9.17, 15) is 9.18 Å². The van der Waals surface area contributed by atoms with Crippen molar-refractivity contribution in [3.8, 4) is 0 Å². The lowest BCUT2D eigenvalue weighted by atomic mass is 10.2. The quantitative estimate of drug-likeness (QED) is 0.836. The van der Waals surface area contributed by atoms with E-state index in [0.717, 1.165) is 25.9 Å². The molecule has 1 aromatic heterocycles. The van der Waals surface area contributed by atoms with Crippen molar-refractivity contribution in [3.63, 3.8) is 0 Å². The van der Waals surface area contributed by atoms with Crippen molar-refractivity contribution in [3.05, 3.63) is 23.6 Å². The number of anilines is 1. The Morgan fingerprint density at radius 1 is 1.60 bits per heavy atom. The van der Waals surface area contributed by atoms with Gasteiger partial charge in [-0.3, -0.25) is 4.79 Å². The average Bonchev–Trinajstić information content (AvgIpc) is 2.94. The molecule has 1 atom stereocenters. The molecule has 0 spiro atoms. The number of carbonyl (C=O) groups is 1.